The Morgan fingerprint density at radius 1 is 0.895 bits per heavy atom. The van der Waals surface area contributed by atoms with Crippen LogP contribution in [-0.4, -0.2) is 28.4 Å². The van der Waals surface area contributed by atoms with Gasteiger partial charge in [-0.1, -0.05) is 54.6 Å². The number of hydrogen-bond acceptors (Lipinski definition) is 5. The summed E-state index contributed by atoms with van der Waals surface area (Å²) < 4.78 is 27.3. The van der Waals surface area contributed by atoms with E-state index < -0.39 is 23.5 Å². The summed E-state index contributed by atoms with van der Waals surface area (Å²) in [7, 11) is 0. The monoisotopic (exact) mass is 510 g/mol. The average Bonchev–Trinajstić information content (AvgIpc) is 3.26. The van der Waals surface area contributed by atoms with E-state index >= 15 is 0 Å². The lowest BCUT2D eigenvalue weighted by molar-refractivity contribution is 0.0697. The lowest BCUT2D eigenvalue weighted by Crippen LogP contribution is -2.25. The number of nitrogens with one attached hydrogen (secondary N) is 1. The Hall–Kier alpha value is -5.18. The topological polar surface area (TPSA) is 120 Å². The fourth-order valence-corrected chi connectivity index (χ4v) is 4.46. The first-order valence-electron chi connectivity index (χ1n) is 11.5. The number of amides is 1. The van der Waals surface area contributed by atoms with Crippen LogP contribution in [0.2, 0.25) is 0 Å². The van der Waals surface area contributed by atoms with Crippen molar-refractivity contribution in [2.24, 2.45) is 10.9 Å². The molecule has 0 unspecified atom stereocenters. The molecule has 0 fully saturated rings. The molecule has 4 aromatic rings. The molecule has 7 nitrogen and oxygen atoms in total. The van der Waals surface area contributed by atoms with Crippen molar-refractivity contribution in [3.8, 4) is 11.1 Å². The third kappa shape index (κ3) is 4.30. The van der Waals surface area contributed by atoms with Crippen LogP contribution in [0.25, 0.3) is 11.1 Å². The standard InChI is InChI=1S/C29H20F2N4O3/c30-23-11-9-17(13-24(23)31)18-8-10-21(29(37)38)25(14-18)35-15-20-7-6-19(12-22(20)28(35)36)27(34-33)26(32)16-4-2-1-3-5-16/h1-14,32H,15,33H2,(H,37,38)/b32-26?,34-27-. The lowest BCUT2D eigenvalue weighted by Gasteiger charge is -2.19. The van der Waals surface area contributed by atoms with E-state index in [1.807, 2.05) is 6.07 Å². The number of anilines is 1. The quantitative estimate of drug-likeness (QED) is 0.187. The van der Waals surface area contributed by atoms with Crippen molar-refractivity contribution in [1.29, 1.82) is 5.41 Å². The van der Waals surface area contributed by atoms with Gasteiger partial charge in [-0.15, -0.1) is 0 Å². The molecule has 1 aliphatic rings. The molecule has 0 atom stereocenters. The second-order valence-electron chi connectivity index (χ2n) is 8.65. The van der Waals surface area contributed by atoms with Gasteiger partial charge in [0.15, 0.2) is 11.6 Å². The molecule has 0 bridgehead atoms. The number of halogens is 2. The van der Waals surface area contributed by atoms with E-state index in [2.05, 4.69) is 5.10 Å². The Bertz CT molecular complexity index is 1650. The molecule has 5 rings (SSSR count). The van der Waals surface area contributed by atoms with Crippen LogP contribution >= 0.6 is 0 Å². The number of carbonyl (C=O) groups excluding carboxylic acids is 1. The van der Waals surface area contributed by atoms with Gasteiger partial charge in [-0.05, 0) is 47.0 Å². The molecule has 0 saturated carbocycles. The number of carboxylic acids is 1. The fraction of sp³-hybridized carbons (Fsp3) is 0.0345. The van der Waals surface area contributed by atoms with Crippen LogP contribution in [0.3, 0.4) is 0 Å². The van der Waals surface area contributed by atoms with E-state index in [-0.39, 0.29) is 29.2 Å². The third-order valence-electron chi connectivity index (χ3n) is 6.39. The lowest BCUT2D eigenvalue weighted by atomic mass is 9.97. The second kappa shape index (κ2) is 9.70. The van der Waals surface area contributed by atoms with Crippen LogP contribution in [0.1, 0.15) is 37.4 Å². The molecular formula is C29H20F2N4O3. The Morgan fingerprint density at radius 2 is 1.61 bits per heavy atom. The molecule has 4 N–H and O–H groups in total. The summed E-state index contributed by atoms with van der Waals surface area (Å²) in [6.07, 6.45) is 0. The number of fused-ring (bicyclic) bond motifs is 1. The van der Waals surface area contributed by atoms with Gasteiger partial charge >= 0.3 is 5.97 Å². The molecule has 1 heterocycles. The summed E-state index contributed by atoms with van der Waals surface area (Å²) in [6, 6.07) is 21.6. The van der Waals surface area contributed by atoms with E-state index in [0.29, 0.717) is 33.4 Å². The van der Waals surface area contributed by atoms with Gasteiger partial charge in [0.25, 0.3) is 5.91 Å². The molecular weight excluding hydrogens is 490 g/mol. The predicted octanol–water partition coefficient (Wildman–Crippen LogP) is 5.22. The van der Waals surface area contributed by atoms with E-state index in [4.69, 9.17) is 11.3 Å². The molecule has 188 valence electrons. The molecule has 4 aromatic carbocycles. The predicted molar refractivity (Wildman–Crippen MR) is 140 cm³/mol. The maximum Gasteiger partial charge on any atom is 0.337 e. The van der Waals surface area contributed by atoms with Crippen molar-refractivity contribution in [2.75, 3.05) is 4.90 Å². The molecule has 38 heavy (non-hydrogen) atoms. The first kappa shape index (κ1) is 24.5. The number of hydrazone groups is 1. The zero-order valence-electron chi connectivity index (χ0n) is 19.8. The Kier molecular flexibility index (Phi) is 6.26. The van der Waals surface area contributed by atoms with Crippen molar-refractivity contribution in [1.82, 2.24) is 0 Å². The van der Waals surface area contributed by atoms with Gasteiger partial charge < -0.3 is 15.8 Å². The number of rotatable bonds is 6. The summed E-state index contributed by atoms with van der Waals surface area (Å²) in [5, 5.41) is 22.1. The van der Waals surface area contributed by atoms with Crippen molar-refractivity contribution in [3.05, 3.63) is 124 Å². The minimum Gasteiger partial charge on any atom is -0.478 e. The molecule has 1 amide bonds. The molecule has 0 spiro atoms. The first-order valence-corrected chi connectivity index (χ1v) is 11.5. The molecule has 0 radical (unpaired) electrons. The number of nitrogens with zero attached hydrogens (tertiary/aromatic N) is 2. The van der Waals surface area contributed by atoms with E-state index in [0.717, 1.165) is 12.1 Å². The van der Waals surface area contributed by atoms with Gasteiger partial charge in [-0.3, -0.25) is 10.2 Å². The summed E-state index contributed by atoms with van der Waals surface area (Å²) in [5.41, 5.74) is 3.06. The largest absolute Gasteiger partial charge is 0.478 e. The highest BCUT2D eigenvalue weighted by Gasteiger charge is 2.32. The summed E-state index contributed by atoms with van der Waals surface area (Å²) in [4.78, 5) is 26.8. The molecule has 1 aliphatic heterocycles. The highest BCUT2D eigenvalue weighted by Crippen LogP contribution is 2.35. The van der Waals surface area contributed by atoms with Gasteiger partial charge in [0.05, 0.1) is 23.5 Å². The number of carbonyl (C=O) groups is 2. The van der Waals surface area contributed by atoms with E-state index in [1.165, 1.54) is 29.2 Å². The van der Waals surface area contributed by atoms with Gasteiger partial charge in [0.2, 0.25) is 0 Å². The highest BCUT2D eigenvalue weighted by atomic mass is 19.2. The number of carboxylic acid groups (broad SMARTS) is 1. The minimum atomic E-state index is -1.24. The van der Waals surface area contributed by atoms with Gasteiger partial charge in [0.1, 0.15) is 5.71 Å². The van der Waals surface area contributed by atoms with Crippen molar-refractivity contribution < 1.29 is 23.5 Å². The average molecular weight is 511 g/mol. The van der Waals surface area contributed by atoms with Crippen LogP contribution < -0.4 is 10.7 Å². The molecule has 0 aromatic heterocycles. The second-order valence-corrected chi connectivity index (χ2v) is 8.65. The van der Waals surface area contributed by atoms with Gasteiger partial charge in [0, 0.05) is 16.7 Å². The fourth-order valence-electron chi connectivity index (χ4n) is 4.46. The molecule has 0 saturated heterocycles. The maximum absolute atomic E-state index is 13.8. The summed E-state index contributed by atoms with van der Waals surface area (Å²) >= 11 is 0. The van der Waals surface area contributed by atoms with E-state index in [9.17, 15) is 23.5 Å². The van der Waals surface area contributed by atoms with Crippen molar-refractivity contribution in [2.45, 2.75) is 6.54 Å². The van der Waals surface area contributed by atoms with Crippen LogP contribution in [0.15, 0.2) is 90.0 Å². The summed E-state index contributed by atoms with van der Waals surface area (Å²) in [6.45, 7) is 0.0984. The molecule has 0 aliphatic carbocycles. The highest BCUT2D eigenvalue weighted by molar-refractivity contribution is 6.52. The van der Waals surface area contributed by atoms with Crippen LogP contribution in [-0.2, 0) is 6.54 Å². The van der Waals surface area contributed by atoms with E-state index in [1.54, 1.807) is 42.5 Å². The molecule has 9 heteroatoms. The third-order valence-corrected chi connectivity index (χ3v) is 6.39. The normalized spacial score (nSPS) is 12.9. The number of hydrogen-bond donors (Lipinski definition) is 3. The van der Waals surface area contributed by atoms with Crippen LogP contribution in [0.5, 0.6) is 0 Å². The smallest absolute Gasteiger partial charge is 0.337 e. The zero-order chi connectivity index (χ0) is 27.0. The zero-order valence-corrected chi connectivity index (χ0v) is 19.8. The maximum atomic E-state index is 13.8. The SMILES string of the molecule is N=C(/C(=N\N)c1ccc2c(c1)C(=O)N(c1cc(-c3ccc(F)c(F)c3)ccc1C(=O)O)C2)c1ccccc1. The Labute approximate surface area is 216 Å². The number of benzene rings is 4. The van der Waals surface area contributed by atoms with Gasteiger partial charge in [-0.2, -0.15) is 5.10 Å². The number of aromatic carboxylic acids is 1. The summed E-state index contributed by atoms with van der Waals surface area (Å²) in [5.74, 6) is 1.89. The Morgan fingerprint density at radius 3 is 2.29 bits per heavy atom. The van der Waals surface area contributed by atoms with Crippen molar-refractivity contribution in [3.63, 3.8) is 0 Å². The van der Waals surface area contributed by atoms with Gasteiger partial charge in [-0.25, -0.2) is 13.6 Å². The minimum absolute atomic E-state index is 0.0859. The Balaban J connectivity index is 1.52. The number of nitrogens with two attached hydrogens (primary N) is 1. The van der Waals surface area contributed by atoms with Crippen LogP contribution in [0.4, 0.5) is 14.5 Å². The first-order chi connectivity index (χ1) is 18.3. The van der Waals surface area contributed by atoms with Crippen LogP contribution in [0, 0.1) is 17.0 Å². The van der Waals surface area contributed by atoms with Crippen molar-refractivity contribution >= 4 is 29.0 Å².